The average Bonchev–Trinajstić information content (AvgIpc) is 3.64. The zero-order chi connectivity index (χ0) is 26.2. The summed E-state index contributed by atoms with van der Waals surface area (Å²) in [4.78, 5) is 28.0. The highest BCUT2D eigenvalue weighted by Crippen LogP contribution is 2.50. The molecule has 0 atom stereocenters. The number of halogens is 1. The quantitative estimate of drug-likeness (QED) is 0.326. The number of aromatic hydroxyl groups is 2. The lowest BCUT2D eigenvalue weighted by Crippen LogP contribution is -2.42. The summed E-state index contributed by atoms with van der Waals surface area (Å²) >= 11 is 6.49. The fourth-order valence-electron chi connectivity index (χ4n) is 4.67. The molecule has 188 valence electrons. The van der Waals surface area contributed by atoms with Crippen molar-refractivity contribution in [3.8, 4) is 22.6 Å². The Morgan fingerprint density at radius 1 is 0.889 bits per heavy atom. The predicted molar refractivity (Wildman–Crippen MR) is 143 cm³/mol. The molecule has 0 unspecified atom stereocenters. The molecular weight excluding hydrogens is 476 g/mol. The number of phenolic OH excluding ortho intramolecular Hbond substituents is 2. The number of carbonyl (C=O) groups excluding carboxylic acids is 2. The van der Waals surface area contributed by atoms with E-state index >= 15 is 0 Å². The van der Waals surface area contributed by atoms with Crippen molar-refractivity contribution in [1.82, 2.24) is 4.90 Å². The predicted octanol–water partition coefficient (Wildman–Crippen LogP) is 6.35. The third kappa shape index (κ3) is 4.91. The van der Waals surface area contributed by atoms with Crippen LogP contribution in [0, 0.1) is 0 Å². The summed E-state index contributed by atoms with van der Waals surface area (Å²) in [6.07, 6.45) is 1.31. The Balaban J connectivity index is 1.55. The Kier molecular flexibility index (Phi) is 7.01. The van der Waals surface area contributed by atoms with Gasteiger partial charge < -0.3 is 20.4 Å². The van der Waals surface area contributed by atoms with Crippen molar-refractivity contribution in [2.24, 2.45) is 0 Å². The topological polar surface area (TPSA) is 89.9 Å². The molecule has 3 N–H and O–H groups in total. The van der Waals surface area contributed by atoms with E-state index in [1.807, 2.05) is 50.8 Å². The Bertz CT molecular complexity index is 1290. The number of carbonyl (C=O) groups is 2. The van der Waals surface area contributed by atoms with Crippen molar-refractivity contribution in [1.29, 1.82) is 0 Å². The zero-order valence-corrected chi connectivity index (χ0v) is 21.6. The highest BCUT2D eigenvalue weighted by molar-refractivity contribution is 6.33. The second-order valence-electron chi connectivity index (χ2n) is 9.91. The van der Waals surface area contributed by atoms with Gasteiger partial charge in [-0.3, -0.25) is 9.59 Å². The maximum atomic E-state index is 13.2. The van der Waals surface area contributed by atoms with Gasteiger partial charge in [0.25, 0.3) is 5.91 Å². The number of hydrogen-bond donors (Lipinski definition) is 3. The summed E-state index contributed by atoms with van der Waals surface area (Å²) in [5, 5.41) is 23.0. The first-order valence-corrected chi connectivity index (χ1v) is 12.5. The van der Waals surface area contributed by atoms with E-state index in [0.29, 0.717) is 34.7 Å². The molecule has 36 heavy (non-hydrogen) atoms. The maximum Gasteiger partial charge on any atom is 0.254 e. The second-order valence-corrected chi connectivity index (χ2v) is 10.3. The molecule has 0 heterocycles. The molecule has 1 aliphatic rings. The third-order valence-corrected chi connectivity index (χ3v) is 7.06. The van der Waals surface area contributed by atoms with Gasteiger partial charge in [0, 0.05) is 33.9 Å². The van der Waals surface area contributed by atoms with E-state index in [1.165, 1.54) is 12.1 Å². The highest BCUT2D eigenvalue weighted by atomic mass is 35.5. The summed E-state index contributed by atoms with van der Waals surface area (Å²) in [5.74, 6) is -0.656. The van der Waals surface area contributed by atoms with Crippen LogP contribution in [0.2, 0.25) is 5.02 Å². The number of phenols is 2. The van der Waals surface area contributed by atoms with Crippen LogP contribution >= 0.6 is 11.6 Å². The Hall–Kier alpha value is -3.51. The summed E-state index contributed by atoms with van der Waals surface area (Å²) in [5.41, 5.74) is 2.71. The lowest BCUT2D eigenvalue weighted by molar-refractivity contribution is -0.118. The molecular formula is C29H31ClN2O4. The molecule has 1 aliphatic carbocycles. The van der Waals surface area contributed by atoms with Gasteiger partial charge >= 0.3 is 0 Å². The zero-order valence-electron chi connectivity index (χ0n) is 20.9. The number of benzene rings is 3. The molecule has 0 bridgehead atoms. The SMILES string of the molecule is CC(C)N(C(=O)c1ccc(-c2cc(NC(=O)C3(c4ccc(O)c(O)c4)CC3)ccc2Cl)cc1)C(C)C. The van der Waals surface area contributed by atoms with Crippen molar-refractivity contribution < 1.29 is 19.8 Å². The molecule has 3 aromatic carbocycles. The van der Waals surface area contributed by atoms with Crippen LogP contribution in [0.25, 0.3) is 11.1 Å². The number of nitrogens with one attached hydrogen (secondary N) is 1. The van der Waals surface area contributed by atoms with Gasteiger partial charge in [-0.25, -0.2) is 0 Å². The summed E-state index contributed by atoms with van der Waals surface area (Å²) in [6, 6.07) is 17.3. The van der Waals surface area contributed by atoms with Crippen molar-refractivity contribution in [2.75, 3.05) is 5.32 Å². The summed E-state index contributed by atoms with van der Waals surface area (Å²) in [7, 11) is 0. The number of hydrogen-bond acceptors (Lipinski definition) is 4. The minimum absolute atomic E-state index is 0.0198. The van der Waals surface area contributed by atoms with Crippen LogP contribution in [-0.4, -0.2) is 39.0 Å². The second kappa shape index (κ2) is 9.86. The maximum absolute atomic E-state index is 13.2. The average molecular weight is 507 g/mol. The monoisotopic (exact) mass is 506 g/mol. The van der Waals surface area contributed by atoms with E-state index in [9.17, 15) is 19.8 Å². The first-order valence-electron chi connectivity index (χ1n) is 12.1. The van der Waals surface area contributed by atoms with Crippen LogP contribution in [0.5, 0.6) is 11.5 Å². The van der Waals surface area contributed by atoms with Crippen LogP contribution in [0.1, 0.15) is 56.5 Å². The fraction of sp³-hybridized carbons (Fsp3) is 0.310. The van der Waals surface area contributed by atoms with Crippen molar-refractivity contribution in [2.45, 2.75) is 58.0 Å². The number of amides is 2. The van der Waals surface area contributed by atoms with Crippen LogP contribution in [-0.2, 0) is 10.2 Å². The molecule has 1 saturated carbocycles. The molecule has 0 saturated heterocycles. The third-order valence-electron chi connectivity index (χ3n) is 6.73. The van der Waals surface area contributed by atoms with E-state index in [-0.39, 0.29) is 35.4 Å². The van der Waals surface area contributed by atoms with E-state index < -0.39 is 5.41 Å². The van der Waals surface area contributed by atoms with Gasteiger partial charge in [0.15, 0.2) is 11.5 Å². The van der Waals surface area contributed by atoms with Gasteiger partial charge in [-0.1, -0.05) is 29.8 Å². The Morgan fingerprint density at radius 2 is 1.53 bits per heavy atom. The molecule has 4 rings (SSSR count). The van der Waals surface area contributed by atoms with Crippen molar-refractivity contribution in [3.05, 3.63) is 76.8 Å². The van der Waals surface area contributed by atoms with Gasteiger partial charge in [0.05, 0.1) is 5.41 Å². The van der Waals surface area contributed by atoms with Gasteiger partial charge in [0.1, 0.15) is 0 Å². The fourth-order valence-corrected chi connectivity index (χ4v) is 4.90. The smallest absolute Gasteiger partial charge is 0.254 e. The Morgan fingerprint density at radius 3 is 2.08 bits per heavy atom. The van der Waals surface area contributed by atoms with Crippen molar-refractivity contribution >= 4 is 29.1 Å². The molecule has 0 spiro atoms. The summed E-state index contributed by atoms with van der Waals surface area (Å²) in [6.45, 7) is 8.01. The normalized spacial score (nSPS) is 14.1. The van der Waals surface area contributed by atoms with Gasteiger partial charge in [-0.05, 0) is 94.1 Å². The number of anilines is 1. The first-order chi connectivity index (χ1) is 17.0. The lowest BCUT2D eigenvalue weighted by atomic mass is 9.94. The number of nitrogens with zero attached hydrogens (tertiary/aromatic N) is 1. The van der Waals surface area contributed by atoms with E-state index in [1.54, 1.807) is 30.3 Å². The molecule has 6 nitrogen and oxygen atoms in total. The van der Waals surface area contributed by atoms with Gasteiger partial charge in [-0.2, -0.15) is 0 Å². The minimum Gasteiger partial charge on any atom is -0.504 e. The van der Waals surface area contributed by atoms with Crippen molar-refractivity contribution in [3.63, 3.8) is 0 Å². The van der Waals surface area contributed by atoms with E-state index in [2.05, 4.69) is 5.32 Å². The molecule has 0 aliphatic heterocycles. The molecule has 7 heteroatoms. The highest BCUT2D eigenvalue weighted by Gasteiger charge is 2.51. The lowest BCUT2D eigenvalue weighted by Gasteiger charge is -2.30. The molecule has 0 aromatic heterocycles. The minimum atomic E-state index is -0.730. The Labute approximate surface area is 216 Å². The van der Waals surface area contributed by atoms with Crippen LogP contribution in [0.15, 0.2) is 60.7 Å². The standard InChI is InChI=1S/C29H31ClN2O4/c1-17(2)32(18(3)4)27(35)20-7-5-19(6-8-20)23-16-22(10-11-24(23)30)31-28(36)29(13-14-29)21-9-12-25(33)26(34)15-21/h5-12,15-18,33-34H,13-14H2,1-4H3,(H,31,36). The largest absolute Gasteiger partial charge is 0.504 e. The van der Waals surface area contributed by atoms with Crippen LogP contribution in [0.4, 0.5) is 5.69 Å². The van der Waals surface area contributed by atoms with E-state index in [0.717, 1.165) is 11.1 Å². The van der Waals surface area contributed by atoms with Gasteiger partial charge in [-0.15, -0.1) is 0 Å². The molecule has 2 amide bonds. The molecule has 3 aromatic rings. The van der Waals surface area contributed by atoms with Crippen LogP contribution in [0.3, 0.4) is 0 Å². The molecule has 0 radical (unpaired) electrons. The first kappa shape index (κ1) is 25.6. The molecule has 1 fully saturated rings. The summed E-state index contributed by atoms with van der Waals surface area (Å²) < 4.78 is 0. The van der Waals surface area contributed by atoms with E-state index in [4.69, 9.17) is 11.6 Å². The number of rotatable bonds is 7. The van der Waals surface area contributed by atoms with Gasteiger partial charge in [0.2, 0.25) is 5.91 Å². The van der Waals surface area contributed by atoms with Crippen LogP contribution < -0.4 is 5.32 Å².